The van der Waals surface area contributed by atoms with Gasteiger partial charge in [-0.15, -0.1) is 0 Å². The molecule has 1 unspecified atom stereocenters. The molecule has 5 heteroatoms. The Balaban J connectivity index is 1.93. The molecule has 0 fully saturated rings. The van der Waals surface area contributed by atoms with Crippen molar-refractivity contribution in [3.05, 3.63) is 78.4 Å². The Bertz CT molecular complexity index is 954. The molecule has 1 N–H and O–H groups in total. The Morgan fingerprint density at radius 1 is 0.880 bits per heavy atom. The number of benzene rings is 3. The molecule has 3 aromatic rings. The lowest BCUT2D eigenvalue weighted by atomic mass is 10.1. The summed E-state index contributed by atoms with van der Waals surface area (Å²) in [6, 6.07) is 22.3. The summed E-state index contributed by atoms with van der Waals surface area (Å²) >= 11 is 0. The van der Waals surface area contributed by atoms with Gasteiger partial charge in [-0.3, -0.25) is 0 Å². The summed E-state index contributed by atoms with van der Waals surface area (Å²) in [4.78, 5) is 2.26. The maximum atomic E-state index is 12.9. The zero-order valence-corrected chi connectivity index (χ0v) is 15.2. The van der Waals surface area contributed by atoms with E-state index in [0.717, 1.165) is 16.3 Å². The van der Waals surface area contributed by atoms with Gasteiger partial charge in [0.1, 0.15) is 0 Å². The number of fused-ring (bicyclic) bond motifs is 1. The molecule has 0 saturated heterocycles. The van der Waals surface area contributed by atoms with Crippen LogP contribution in [0.4, 0.5) is 0 Å². The molecule has 0 heterocycles. The number of nitrogens with one attached hydrogen (secondary N) is 1. The van der Waals surface area contributed by atoms with Gasteiger partial charge >= 0.3 is 0 Å². The maximum Gasteiger partial charge on any atom is 0.241 e. The fraction of sp³-hybridized carbons (Fsp3) is 0.200. The van der Waals surface area contributed by atoms with E-state index in [1.54, 1.807) is 12.1 Å². The van der Waals surface area contributed by atoms with Crippen LogP contribution in [0.5, 0.6) is 0 Å². The molecule has 0 aromatic heterocycles. The second-order valence-corrected chi connectivity index (χ2v) is 8.07. The monoisotopic (exact) mass is 354 g/mol. The van der Waals surface area contributed by atoms with Crippen molar-refractivity contribution in [2.24, 2.45) is 0 Å². The molecule has 4 nitrogen and oxygen atoms in total. The predicted molar refractivity (Wildman–Crippen MR) is 102 cm³/mol. The van der Waals surface area contributed by atoms with Crippen LogP contribution < -0.4 is 4.72 Å². The van der Waals surface area contributed by atoms with E-state index in [1.807, 2.05) is 79.7 Å². The van der Waals surface area contributed by atoms with Gasteiger partial charge < -0.3 is 4.90 Å². The van der Waals surface area contributed by atoms with Gasteiger partial charge in [-0.05, 0) is 42.6 Å². The van der Waals surface area contributed by atoms with E-state index in [9.17, 15) is 8.42 Å². The highest BCUT2D eigenvalue weighted by Crippen LogP contribution is 2.22. The Kier molecular flexibility index (Phi) is 5.18. The highest BCUT2D eigenvalue weighted by atomic mass is 32.2. The van der Waals surface area contributed by atoms with E-state index in [0.29, 0.717) is 6.54 Å². The smallest absolute Gasteiger partial charge is 0.241 e. The number of hydrogen-bond donors (Lipinski definition) is 1. The molecular weight excluding hydrogens is 332 g/mol. The standard InChI is InChI=1S/C20H22N2O2S/c1-22(2)15-20(17-9-4-3-5-10-17)21-25(23,24)19-13-12-16-8-6-7-11-18(16)14-19/h3-14,20-21H,15H2,1-2H3. The van der Waals surface area contributed by atoms with Crippen LogP contribution in [-0.2, 0) is 10.0 Å². The third-order valence-corrected chi connectivity index (χ3v) is 5.55. The molecule has 3 rings (SSSR count). The molecule has 1 atom stereocenters. The van der Waals surface area contributed by atoms with Crippen LogP contribution in [0.1, 0.15) is 11.6 Å². The van der Waals surface area contributed by atoms with Crippen LogP contribution >= 0.6 is 0 Å². The Morgan fingerprint density at radius 2 is 1.52 bits per heavy atom. The van der Waals surface area contributed by atoms with Gasteiger partial charge in [-0.2, -0.15) is 0 Å². The van der Waals surface area contributed by atoms with Crippen molar-refractivity contribution in [2.45, 2.75) is 10.9 Å². The summed E-state index contributed by atoms with van der Waals surface area (Å²) in [7, 11) is 0.240. The number of rotatable bonds is 6. The van der Waals surface area contributed by atoms with E-state index < -0.39 is 10.0 Å². The molecule has 130 valence electrons. The highest BCUT2D eigenvalue weighted by Gasteiger charge is 2.22. The third kappa shape index (κ3) is 4.25. The van der Waals surface area contributed by atoms with E-state index in [4.69, 9.17) is 0 Å². The van der Waals surface area contributed by atoms with Crippen molar-refractivity contribution in [2.75, 3.05) is 20.6 Å². The summed E-state index contributed by atoms with van der Waals surface area (Å²) in [5.74, 6) is 0. The Labute approximate surface area is 149 Å². The van der Waals surface area contributed by atoms with E-state index in [1.165, 1.54) is 0 Å². The van der Waals surface area contributed by atoms with Crippen molar-refractivity contribution < 1.29 is 8.42 Å². The molecule has 0 aliphatic rings. The second-order valence-electron chi connectivity index (χ2n) is 6.36. The average Bonchev–Trinajstić information content (AvgIpc) is 2.61. The molecule has 0 aliphatic carbocycles. The van der Waals surface area contributed by atoms with Crippen LogP contribution in [0.25, 0.3) is 10.8 Å². The van der Waals surface area contributed by atoms with Crippen LogP contribution in [0.2, 0.25) is 0 Å². The molecule has 0 amide bonds. The zero-order valence-electron chi connectivity index (χ0n) is 14.4. The number of nitrogens with zero attached hydrogens (tertiary/aromatic N) is 1. The van der Waals surface area contributed by atoms with E-state index in [-0.39, 0.29) is 10.9 Å². The fourth-order valence-electron chi connectivity index (χ4n) is 2.85. The van der Waals surface area contributed by atoms with Crippen molar-refractivity contribution in [1.82, 2.24) is 9.62 Å². The first-order valence-corrected chi connectivity index (χ1v) is 9.65. The quantitative estimate of drug-likeness (QED) is 0.738. The molecule has 25 heavy (non-hydrogen) atoms. The molecule has 3 aromatic carbocycles. The van der Waals surface area contributed by atoms with Gasteiger partial charge in [-0.1, -0.05) is 60.7 Å². The highest BCUT2D eigenvalue weighted by molar-refractivity contribution is 7.89. The molecule has 0 radical (unpaired) electrons. The number of likely N-dealkylation sites (N-methyl/N-ethyl adjacent to an activating group) is 1. The molecule has 0 bridgehead atoms. The van der Waals surface area contributed by atoms with Crippen molar-refractivity contribution in [3.63, 3.8) is 0 Å². The molecule has 0 spiro atoms. The topological polar surface area (TPSA) is 49.4 Å². The van der Waals surface area contributed by atoms with Crippen LogP contribution in [0.15, 0.2) is 77.7 Å². The van der Waals surface area contributed by atoms with E-state index >= 15 is 0 Å². The minimum absolute atomic E-state index is 0.283. The summed E-state index contributed by atoms with van der Waals surface area (Å²) in [5, 5.41) is 1.93. The van der Waals surface area contributed by atoms with Gasteiger partial charge in [0.2, 0.25) is 10.0 Å². The summed E-state index contributed by atoms with van der Waals surface area (Å²) in [6.07, 6.45) is 0. The fourth-order valence-corrected chi connectivity index (χ4v) is 4.10. The average molecular weight is 354 g/mol. The Hall–Kier alpha value is -2.21. The lowest BCUT2D eigenvalue weighted by Crippen LogP contribution is -2.35. The SMILES string of the molecule is CN(C)CC(NS(=O)(=O)c1ccc2ccccc2c1)c1ccccc1. The largest absolute Gasteiger partial charge is 0.307 e. The maximum absolute atomic E-state index is 12.9. The second kappa shape index (κ2) is 7.35. The third-order valence-electron chi connectivity index (χ3n) is 4.08. The first-order valence-electron chi connectivity index (χ1n) is 8.16. The predicted octanol–water partition coefficient (Wildman–Crippen LogP) is 3.42. The summed E-state index contributed by atoms with van der Waals surface area (Å²) in [5.41, 5.74) is 0.945. The van der Waals surface area contributed by atoms with Crippen LogP contribution in [-0.4, -0.2) is 34.0 Å². The molecule has 0 saturated carbocycles. The lowest BCUT2D eigenvalue weighted by Gasteiger charge is -2.23. The van der Waals surface area contributed by atoms with Crippen molar-refractivity contribution >= 4 is 20.8 Å². The summed E-state index contributed by atoms with van der Waals surface area (Å²) in [6.45, 7) is 0.580. The summed E-state index contributed by atoms with van der Waals surface area (Å²) < 4.78 is 28.7. The normalized spacial score (nSPS) is 13.2. The van der Waals surface area contributed by atoms with Crippen molar-refractivity contribution in [1.29, 1.82) is 0 Å². The Morgan fingerprint density at radius 3 is 2.20 bits per heavy atom. The minimum Gasteiger partial charge on any atom is -0.307 e. The van der Waals surface area contributed by atoms with Crippen molar-refractivity contribution in [3.8, 4) is 0 Å². The number of hydrogen-bond acceptors (Lipinski definition) is 3. The van der Waals surface area contributed by atoms with Crippen LogP contribution in [0.3, 0.4) is 0 Å². The van der Waals surface area contributed by atoms with Gasteiger partial charge in [0, 0.05) is 6.54 Å². The molecule has 0 aliphatic heterocycles. The van der Waals surface area contributed by atoms with Gasteiger partial charge in [0.15, 0.2) is 0 Å². The lowest BCUT2D eigenvalue weighted by molar-refractivity contribution is 0.363. The molecular formula is C20H22N2O2S. The number of sulfonamides is 1. The van der Waals surface area contributed by atoms with Crippen LogP contribution in [0, 0.1) is 0 Å². The first kappa shape index (κ1) is 17.6. The van der Waals surface area contributed by atoms with E-state index in [2.05, 4.69) is 4.72 Å². The zero-order chi connectivity index (χ0) is 17.9. The first-order chi connectivity index (χ1) is 12.0. The van der Waals surface area contributed by atoms with Gasteiger partial charge in [-0.25, -0.2) is 13.1 Å². The van der Waals surface area contributed by atoms with Gasteiger partial charge in [0.25, 0.3) is 0 Å². The minimum atomic E-state index is -3.62. The van der Waals surface area contributed by atoms with Gasteiger partial charge in [0.05, 0.1) is 10.9 Å².